The van der Waals surface area contributed by atoms with Gasteiger partial charge in [0.1, 0.15) is 0 Å². The average Bonchev–Trinajstić information content (AvgIpc) is 2.29. The predicted molar refractivity (Wildman–Crippen MR) is 67.1 cm³/mol. The molecule has 0 saturated carbocycles. The molecule has 1 amide bonds. The third kappa shape index (κ3) is 5.61. The average molecular weight is 242 g/mol. The normalized spacial score (nSPS) is 10.8. The first-order valence-corrected chi connectivity index (χ1v) is 6.43. The van der Waals surface area contributed by atoms with E-state index in [0.717, 1.165) is 13.1 Å². The van der Waals surface area contributed by atoms with E-state index in [1.54, 1.807) is 11.1 Å². The lowest BCUT2D eigenvalue weighted by atomic mass is 10.3. The number of nitrogens with zero attached hydrogens (tertiary/aromatic N) is 3. The Morgan fingerprint density at radius 1 is 1.50 bits per heavy atom. The van der Waals surface area contributed by atoms with Gasteiger partial charge in [-0.2, -0.15) is 5.26 Å². The number of amides is 1. The molecule has 0 aromatic heterocycles. The molecule has 0 rings (SSSR count). The molecule has 0 atom stereocenters. The van der Waals surface area contributed by atoms with Crippen molar-refractivity contribution in [3.8, 4) is 6.19 Å². The molecule has 0 radical (unpaired) electrons. The van der Waals surface area contributed by atoms with Crippen LogP contribution < -0.4 is 5.32 Å². The summed E-state index contributed by atoms with van der Waals surface area (Å²) in [6.45, 7) is 5.78. The van der Waals surface area contributed by atoms with E-state index in [-0.39, 0.29) is 5.91 Å². The summed E-state index contributed by atoms with van der Waals surface area (Å²) in [6, 6.07) is 0. The van der Waals surface area contributed by atoms with Crippen molar-refractivity contribution >= 4 is 22.8 Å². The van der Waals surface area contributed by atoms with Gasteiger partial charge in [-0.15, -0.1) is 0 Å². The number of hydrogen-bond acceptors (Lipinski definition) is 4. The molecule has 90 valence electrons. The molecule has 0 spiro atoms. The van der Waals surface area contributed by atoms with E-state index in [9.17, 15) is 4.79 Å². The van der Waals surface area contributed by atoms with Crippen molar-refractivity contribution in [3.05, 3.63) is 0 Å². The van der Waals surface area contributed by atoms with Gasteiger partial charge in [0.05, 0.1) is 6.54 Å². The van der Waals surface area contributed by atoms with Gasteiger partial charge in [-0.1, -0.05) is 11.8 Å². The second kappa shape index (κ2) is 9.04. The molecule has 0 unspecified atom stereocenters. The number of hydrogen-bond donors (Lipinski definition) is 1. The maximum atomic E-state index is 11.6. The molecule has 0 saturated heterocycles. The minimum Gasteiger partial charge on any atom is -0.343 e. The van der Waals surface area contributed by atoms with Crippen LogP contribution in [0.25, 0.3) is 0 Å². The van der Waals surface area contributed by atoms with Crippen LogP contribution in [0.2, 0.25) is 0 Å². The summed E-state index contributed by atoms with van der Waals surface area (Å²) in [5, 5.41) is 11.4. The molecule has 0 aliphatic heterocycles. The van der Waals surface area contributed by atoms with Crippen LogP contribution in [-0.4, -0.2) is 41.9 Å². The first-order chi connectivity index (χ1) is 7.69. The van der Waals surface area contributed by atoms with Gasteiger partial charge >= 0.3 is 0 Å². The second-order valence-electron chi connectivity index (χ2n) is 2.94. The minimum absolute atomic E-state index is 0.103. The topological polar surface area (TPSA) is 68.5 Å². The van der Waals surface area contributed by atoms with Gasteiger partial charge in [-0.05, 0) is 20.1 Å². The molecule has 0 aromatic carbocycles. The summed E-state index contributed by atoms with van der Waals surface area (Å²) < 4.78 is 0. The number of amidine groups is 1. The van der Waals surface area contributed by atoms with Crippen molar-refractivity contribution in [2.24, 2.45) is 4.99 Å². The Kier molecular flexibility index (Phi) is 8.35. The Morgan fingerprint density at radius 2 is 2.12 bits per heavy atom. The maximum Gasteiger partial charge on any atom is 0.224 e. The largest absolute Gasteiger partial charge is 0.343 e. The van der Waals surface area contributed by atoms with Crippen molar-refractivity contribution in [1.82, 2.24) is 10.2 Å². The fraction of sp³-hybridized carbons (Fsp3) is 0.700. The summed E-state index contributed by atoms with van der Waals surface area (Å²) >= 11 is 1.36. The summed E-state index contributed by atoms with van der Waals surface area (Å²) in [6.07, 6.45) is 4.02. The number of nitriles is 1. The van der Waals surface area contributed by atoms with Crippen LogP contribution >= 0.6 is 11.8 Å². The standard InChI is InChI=1S/C10H18N4OS/c1-4-14(5-2)9(15)6-7-12-10(16-3)13-8-11/h4-7H2,1-3H3,(H,12,13). The summed E-state index contributed by atoms with van der Waals surface area (Å²) in [5.41, 5.74) is 0. The van der Waals surface area contributed by atoms with Gasteiger partial charge in [0.2, 0.25) is 5.91 Å². The molecule has 0 aromatic rings. The lowest BCUT2D eigenvalue weighted by Crippen LogP contribution is -2.30. The van der Waals surface area contributed by atoms with E-state index in [0.29, 0.717) is 18.1 Å². The van der Waals surface area contributed by atoms with Gasteiger partial charge in [-0.25, -0.2) is 0 Å². The molecule has 5 nitrogen and oxygen atoms in total. The third-order valence-corrected chi connectivity index (χ3v) is 2.67. The third-order valence-electron chi connectivity index (χ3n) is 2.05. The molecule has 0 heterocycles. The van der Waals surface area contributed by atoms with E-state index >= 15 is 0 Å². The van der Waals surface area contributed by atoms with Gasteiger partial charge in [0, 0.05) is 19.5 Å². The number of rotatable bonds is 5. The van der Waals surface area contributed by atoms with E-state index in [2.05, 4.69) is 10.3 Å². The Balaban J connectivity index is 4.05. The molecule has 1 N–H and O–H groups in total. The number of nitrogens with one attached hydrogen (secondary N) is 1. The van der Waals surface area contributed by atoms with Crippen molar-refractivity contribution in [3.63, 3.8) is 0 Å². The smallest absolute Gasteiger partial charge is 0.224 e. The quantitative estimate of drug-likeness (QED) is 0.338. The van der Waals surface area contributed by atoms with Gasteiger partial charge in [-0.3, -0.25) is 15.1 Å². The summed E-state index contributed by atoms with van der Waals surface area (Å²) in [7, 11) is 0. The molecule has 16 heavy (non-hydrogen) atoms. The summed E-state index contributed by atoms with van der Waals surface area (Å²) in [4.78, 5) is 17.5. The predicted octanol–water partition coefficient (Wildman–Crippen LogP) is 1.03. The lowest BCUT2D eigenvalue weighted by Gasteiger charge is -2.17. The lowest BCUT2D eigenvalue weighted by molar-refractivity contribution is -0.130. The Bertz CT molecular complexity index is 281. The van der Waals surface area contributed by atoms with Crippen LogP contribution in [0.1, 0.15) is 20.3 Å². The van der Waals surface area contributed by atoms with E-state index < -0.39 is 0 Å². The van der Waals surface area contributed by atoms with Gasteiger partial charge < -0.3 is 4.90 Å². The van der Waals surface area contributed by atoms with Crippen LogP contribution in [0.5, 0.6) is 0 Å². The molecule has 6 heteroatoms. The molecule has 0 bridgehead atoms. The number of thioether (sulfide) groups is 1. The zero-order chi connectivity index (χ0) is 12.4. The van der Waals surface area contributed by atoms with Gasteiger partial charge in [0.25, 0.3) is 0 Å². The molecule has 0 fully saturated rings. The van der Waals surface area contributed by atoms with E-state index in [1.807, 2.05) is 20.1 Å². The fourth-order valence-electron chi connectivity index (χ4n) is 1.19. The van der Waals surface area contributed by atoms with Gasteiger partial charge in [0.15, 0.2) is 11.4 Å². The molecule has 0 aliphatic carbocycles. The molecular weight excluding hydrogens is 224 g/mol. The number of carbonyl (C=O) groups excluding carboxylic acids is 1. The fourth-order valence-corrected chi connectivity index (χ4v) is 1.56. The SMILES string of the molecule is CCN(CC)C(=O)CCN=C(NC#N)SC. The van der Waals surface area contributed by atoms with Crippen molar-refractivity contribution < 1.29 is 4.79 Å². The zero-order valence-corrected chi connectivity index (χ0v) is 10.8. The minimum atomic E-state index is 0.103. The highest BCUT2D eigenvalue weighted by atomic mass is 32.2. The molecule has 0 aliphatic rings. The maximum absolute atomic E-state index is 11.6. The Morgan fingerprint density at radius 3 is 2.56 bits per heavy atom. The Labute approximate surface area is 101 Å². The number of aliphatic imine (C=N–C) groups is 1. The van der Waals surface area contributed by atoms with Crippen molar-refractivity contribution in [2.45, 2.75) is 20.3 Å². The highest BCUT2D eigenvalue weighted by Gasteiger charge is 2.08. The monoisotopic (exact) mass is 242 g/mol. The Hall–Kier alpha value is -1.22. The van der Waals surface area contributed by atoms with E-state index in [4.69, 9.17) is 5.26 Å². The van der Waals surface area contributed by atoms with Crippen LogP contribution in [0.4, 0.5) is 0 Å². The zero-order valence-electron chi connectivity index (χ0n) is 9.99. The van der Waals surface area contributed by atoms with Crippen LogP contribution in [0.3, 0.4) is 0 Å². The van der Waals surface area contributed by atoms with Crippen LogP contribution in [0.15, 0.2) is 4.99 Å². The van der Waals surface area contributed by atoms with E-state index in [1.165, 1.54) is 11.8 Å². The summed E-state index contributed by atoms with van der Waals surface area (Å²) in [5.74, 6) is 0.103. The van der Waals surface area contributed by atoms with Crippen molar-refractivity contribution in [1.29, 1.82) is 5.26 Å². The second-order valence-corrected chi connectivity index (χ2v) is 3.74. The first-order valence-electron chi connectivity index (χ1n) is 5.20. The highest BCUT2D eigenvalue weighted by molar-refractivity contribution is 8.13. The van der Waals surface area contributed by atoms with Crippen LogP contribution in [-0.2, 0) is 4.79 Å². The molecular formula is C10H18N4OS. The highest BCUT2D eigenvalue weighted by Crippen LogP contribution is 1.98. The first kappa shape index (κ1) is 14.8. The number of carbonyl (C=O) groups is 1. The van der Waals surface area contributed by atoms with Crippen molar-refractivity contribution in [2.75, 3.05) is 25.9 Å². The van der Waals surface area contributed by atoms with Crippen LogP contribution in [0, 0.1) is 11.5 Å².